The van der Waals surface area contributed by atoms with Gasteiger partial charge in [0, 0.05) is 17.8 Å². The molecule has 0 amide bonds. The standard InChI is InChI=1S/C17H23F3O5/c1-4-16(2,3)15(22)25-12-8-5-9-11(14(21)24-13(9)12)10(8)6-23-7-17(18,19)20/h8-13H,4-7H2,1-3H3. The first-order chi connectivity index (χ1) is 11.5. The van der Waals surface area contributed by atoms with Crippen LogP contribution in [-0.4, -0.2) is 43.5 Å². The molecule has 8 heteroatoms. The second-order valence-corrected chi connectivity index (χ2v) is 7.89. The summed E-state index contributed by atoms with van der Waals surface area (Å²) in [4.78, 5) is 24.5. The van der Waals surface area contributed by atoms with Gasteiger partial charge >= 0.3 is 18.1 Å². The third kappa shape index (κ3) is 3.25. The van der Waals surface area contributed by atoms with Gasteiger partial charge < -0.3 is 14.2 Å². The first-order valence-electron chi connectivity index (χ1n) is 8.61. The van der Waals surface area contributed by atoms with E-state index in [1.807, 2.05) is 6.92 Å². The molecule has 0 aromatic heterocycles. The van der Waals surface area contributed by atoms with Gasteiger partial charge in [0.1, 0.15) is 18.8 Å². The van der Waals surface area contributed by atoms with E-state index in [0.29, 0.717) is 12.8 Å². The molecule has 1 heterocycles. The summed E-state index contributed by atoms with van der Waals surface area (Å²) in [7, 11) is 0. The van der Waals surface area contributed by atoms with Crippen molar-refractivity contribution in [3.05, 3.63) is 0 Å². The van der Waals surface area contributed by atoms with Gasteiger partial charge in [-0.3, -0.25) is 9.59 Å². The Labute approximate surface area is 144 Å². The Hall–Kier alpha value is -1.31. The molecule has 3 aliphatic rings. The Morgan fingerprint density at radius 1 is 1.28 bits per heavy atom. The maximum absolute atomic E-state index is 12.4. The van der Waals surface area contributed by atoms with Crippen LogP contribution in [0.15, 0.2) is 0 Å². The summed E-state index contributed by atoms with van der Waals surface area (Å²) in [5.74, 6) is -1.93. The largest absolute Gasteiger partial charge is 0.458 e. The van der Waals surface area contributed by atoms with Crippen molar-refractivity contribution in [2.45, 2.75) is 52.0 Å². The molecule has 5 nitrogen and oxygen atoms in total. The van der Waals surface area contributed by atoms with E-state index >= 15 is 0 Å². The highest BCUT2D eigenvalue weighted by atomic mass is 19.4. The number of fused-ring (bicyclic) bond motifs is 1. The van der Waals surface area contributed by atoms with Crippen LogP contribution in [0.25, 0.3) is 0 Å². The molecule has 0 aromatic carbocycles. The van der Waals surface area contributed by atoms with E-state index < -0.39 is 48.2 Å². The summed E-state index contributed by atoms with van der Waals surface area (Å²) in [6, 6.07) is 0. The summed E-state index contributed by atoms with van der Waals surface area (Å²) in [5.41, 5.74) is -0.661. The second-order valence-electron chi connectivity index (χ2n) is 7.89. The van der Waals surface area contributed by atoms with Gasteiger partial charge in [-0.05, 0) is 26.7 Å². The predicted molar refractivity (Wildman–Crippen MR) is 79.3 cm³/mol. The lowest BCUT2D eigenvalue weighted by Gasteiger charge is -2.33. The molecule has 0 aromatic rings. The molecule has 2 aliphatic carbocycles. The molecule has 3 fully saturated rings. The quantitative estimate of drug-likeness (QED) is 0.678. The Morgan fingerprint density at radius 3 is 2.56 bits per heavy atom. The monoisotopic (exact) mass is 364 g/mol. The topological polar surface area (TPSA) is 61.8 Å². The van der Waals surface area contributed by atoms with Crippen molar-refractivity contribution in [2.75, 3.05) is 13.2 Å². The fourth-order valence-corrected chi connectivity index (χ4v) is 4.26. The Kier molecular flexibility index (Phi) is 4.54. The molecule has 25 heavy (non-hydrogen) atoms. The smallest absolute Gasteiger partial charge is 0.411 e. The van der Waals surface area contributed by atoms with E-state index in [0.717, 1.165) is 0 Å². The molecule has 142 valence electrons. The Morgan fingerprint density at radius 2 is 1.96 bits per heavy atom. The first-order valence-corrected chi connectivity index (χ1v) is 8.61. The zero-order valence-corrected chi connectivity index (χ0v) is 14.5. The van der Waals surface area contributed by atoms with Crippen molar-refractivity contribution in [1.82, 2.24) is 0 Å². The average Bonchev–Trinajstić information content (AvgIpc) is 3.10. The van der Waals surface area contributed by atoms with Crippen molar-refractivity contribution in [3.8, 4) is 0 Å². The Bertz CT molecular complexity index is 559. The van der Waals surface area contributed by atoms with Gasteiger partial charge in [0.15, 0.2) is 0 Å². The lowest BCUT2D eigenvalue weighted by molar-refractivity contribution is -0.182. The highest BCUT2D eigenvalue weighted by molar-refractivity contribution is 5.78. The fraction of sp³-hybridized carbons (Fsp3) is 0.882. The molecule has 6 unspecified atom stereocenters. The number of hydrogen-bond donors (Lipinski definition) is 0. The number of rotatable bonds is 6. The molecule has 3 rings (SSSR count). The first kappa shape index (κ1) is 18.5. The van der Waals surface area contributed by atoms with Crippen molar-refractivity contribution >= 4 is 11.9 Å². The Balaban J connectivity index is 1.70. The van der Waals surface area contributed by atoms with Crippen LogP contribution in [0.2, 0.25) is 0 Å². The van der Waals surface area contributed by atoms with Gasteiger partial charge in [0.05, 0.1) is 17.9 Å². The van der Waals surface area contributed by atoms with Gasteiger partial charge in [0.2, 0.25) is 0 Å². The van der Waals surface area contributed by atoms with E-state index in [4.69, 9.17) is 14.2 Å². The number of carbonyl (C=O) groups excluding carboxylic acids is 2. The number of carbonyl (C=O) groups is 2. The zero-order chi connectivity index (χ0) is 18.6. The normalized spacial score (nSPS) is 36.6. The van der Waals surface area contributed by atoms with Crippen molar-refractivity contribution in [3.63, 3.8) is 0 Å². The van der Waals surface area contributed by atoms with Crippen molar-refractivity contribution in [1.29, 1.82) is 0 Å². The zero-order valence-electron chi connectivity index (χ0n) is 14.5. The van der Waals surface area contributed by atoms with E-state index in [2.05, 4.69) is 0 Å². The molecule has 2 bridgehead atoms. The van der Waals surface area contributed by atoms with Crippen LogP contribution in [0.3, 0.4) is 0 Å². The fourth-order valence-electron chi connectivity index (χ4n) is 4.26. The molecular weight excluding hydrogens is 341 g/mol. The molecule has 0 N–H and O–H groups in total. The van der Waals surface area contributed by atoms with E-state index in [9.17, 15) is 22.8 Å². The van der Waals surface area contributed by atoms with Gasteiger partial charge in [-0.1, -0.05) is 6.92 Å². The molecule has 1 aliphatic heterocycles. The van der Waals surface area contributed by atoms with Gasteiger partial charge in [0.25, 0.3) is 0 Å². The average molecular weight is 364 g/mol. The lowest BCUT2D eigenvalue weighted by Crippen LogP contribution is -2.44. The van der Waals surface area contributed by atoms with Crippen LogP contribution in [0.1, 0.15) is 33.6 Å². The minimum absolute atomic E-state index is 0.0977. The van der Waals surface area contributed by atoms with Gasteiger partial charge in [-0.15, -0.1) is 0 Å². The van der Waals surface area contributed by atoms with Crippen LogP contribution in [0.4, 0.5) is 13.2 Å². The maximum atomic E-state index is 12.4. The highest BCUT2D eigenvalue weighted by Crippen LogP contribution is 2.59. The van der Waals surface area contributed by atoms with E-state index in [-0.39, 0.29) is 24.4 Å². The minimum atomic E-state index is -4.41. The molecule has 0 spiro atoms. The SMILES string of the molecule is CCC(C)(C)C(=O)OC1C2CC3C1OC(=O)C3C2COCC(F)(F)F. The number of ether oxygens (including phenoxy) is 3. The van der Waals surface area contributed by atoms with E-state index in [1.165, 1.54) is 0 Å². The highest BCUT2D eigenvalue weighted by Gasteiger charge is 2.68. The van der Waals surface area contributed by atoms with Crippen LogP contribution in [0.5, 0.6) is 0 Å². The molecule has 1 saturated heterocycles. The number of esters is 2. The summed E-state index contributed by atoms with van der Waals surface area (Å²) in [6.45, 7) is 3.89. The third-order valence-corrected chi connectivity index (χ3v) is 5.96. The number of hydrogen-bond acceptors (Lipinski definition) is 5. The molecule has 6 atom stereocenters. The van der Waals surface area contributed by atoms with Gasteiger partial charge in [-0.2, -0.15) is 13.2 Å². The molecule has 0 radical (unpaired) electrons. The van der Waals surface area contributed by atoms with Crippen molar-refractivity contribution in [2.24, 2.45) is 29.1 Å². The number of halogens is 3. The second kappa shape index (κ2) is 6.14. The third-order valence-electron chi connectivity index (χ3n) is 5.96. The summed E-state index contributed by atoms with van der Waals surface area (Å²) in [5, 5.41) is 0. The van der Waals surface area contributed by atoms with Crippen LogP contribution < -0.4 is 0 Å². The van der Waals surface area contributed by atoms with Crippen LogP contribution >= 0.6 is 0 Å². The summed E-state index contributed by atoms with van der Waals surface area (Å²) < 4.78 is 52.8. The van der Waals surface area contributed by atoms with Crippen LogP contribution in [0, 0.1) is 29.1 Å². The lowest BCUT2D eigenvalue weighted by atomic mass is 9.78. The van der Waals surface area contributed by atoms with E-state index in [1.54, 1.807) is 13.8 Å². The summed E-state index contributed by atoms with van der Waals surface area (Å²) in [6.07, 6.45) is -4.26. The maximum Gasteiger partial charge on any atom is 0.411 e. The molecule has 2 saturated carbocycles. The number of alkyl halides is 3. The van der Waals surface area contributed by atoms with Crippen molar-refractivity contribution < 1.29 is 37.0 Å². The minimum Gasteiger partial charge on any atom is -0.458 e. The summed E-state index contributed by atoms with van der Waals surface area (Å²) >= 11 is 0. The van der Waals surface area contributed by atoms with Gasteiger partial charge in [-0.25, -0.2) is 0 Å². The molecular formula is C17H23F3O5. The predicted octanol–water partition coefficient (Wildman–Crippen LogP) is 2.72. The van der Waals surface area contributed by atoms with Crippen LogP contribution in [-0.2, 0) is 23.8 Å².